The Labute approximate surface area is 162 Å². The Kier molecular flexibility index (Phi) is 6.14. The lowest BCUT2D eigenvalue weighted by atomic mass is 9.95. The first-order chi connectivity index (χ1) is 13.3. The normalized spacial score (nSPS) is 20.6. The Hall–Kier alpha value is -1.79. The van der Waals surface area contributed by atoms with Crippen LogP contribution < -0.4 is 0 Å². The van der Waals surface area contributed by atoms with Gasteiger partial charge in [-0.3, -0.25) is 14.8 Å². The molecule has 2 aromatic rings. The van der Waals surface area contributed by atoms with Crippen molar-refractivity contribution >= 4 is 0 Å². The van der Waals surface area contributed by atoms with Gasteiger partial charge in [-0.15, -0.1) is 10.2 Å². The Balaban J connectivity index is 1.32. The van der Waals surface area contributed by atoms with Gasteiger partial charge in [0.15, 0.2) is 0 Å². The van der Waals surface area contributed by atoms with Crippen LogP contribution in [-0.4, -0.2) is 55.7 Å². The molecule has 0 spiro atoms. The summed E-state index contributed by atoms with van der Waals surface area (Å²) in [6, 6.07) is 4.23. The maximum atomic E-state index is 4.60. The van der Waals surface area contributed by atoms with E-state index in [1.165, 1.54) is 63.0 Å². The fraction of sp³-hybridized carbons (Fsp3) is 0.667. The first-order valence-electron chi connectivity index (χ1n) is 10.5. The fourth-order valence-corrected chi connectivity index (χ4v) is 4.46. The molecule has 0 saturated carbocycles. The molecule has 2 saturated heterocycles. The largest absolute Gasteiger partial charge is 0.317 e. The summed E-state index contributed by atoms with van der Waals surface area (Å²) in [6.07, 6.45) is 11.5. The van der Waals surface area contributed by atoms with Gasteiger partial charge in [-0.2, -0.15) is 0 Å². The van der Waals surface area contributed by atoms with Gasteiger partial charge in [0.2, 0.25) is 0 Å². The zero-order valence-electron chi connectivity index (χ0n) is 16.6. The molecule has 4 rings (SSSR count). The number of aromatic nitrogens is 4. The van der Waals surface area contributed by atoms with Crippen LogP contribution in [0.1, 0.15) is 61.7 Å². The van der Waals surface area contributed by atoms with Crippen molar-refractivity contribution in [3.63, 3.8) is 0 Å². The number of pyridine rings is 1. The molecule has 2 fully saturated rings. The van der Waals surface area contributed by atoms with Crippen LogP contribution in [0.25, 0.3) is 0 Å². The second-order valence-corrected chi connectivity index (χ2v) is 8.13. The molecule has 0 aromatic carbocycles. The van der Waals surface area contributed by atoms with Crippen molar-refractivity contribution in [1.29, 1.82) is 0 Å². The summed E-state index contributed by atoms with van der Waals surface area (Å²) in [6.45, 7) is 6.63. The molecule has 6 heteroatoms. The van der Waals surface area contributed by atoms with Crippen LogP contribution in [0.3, 0.4) is 0 Å². The average Bonchev–Trinajstić information content (AvgIpc) is 2.90. The summed E-state index contributed by atoms with van der Waals surface area (Å²) < 4.78 is 2.27. The average molecular weight is 369 g/mol. The quantitative estimate of drug-likeness (QED) is 0.812. The van der Waals surface area contributed by atoms with Crippen LogP contribution in [-0.2, 0) is 20.1 Å². The minimum absolute atomic E-state index is 0.536. The van der Waals surface area contributed by atoms with Crippen LogP contribution in [0.5, 0.6) is 0 Å². The van der Waals surface area contributed by atoms with Crippen LogP contribution in [0.15, 0.2) is 24.5 Å². The predicted octanol–water partition coefficient (Wildman–Crippen LogP) is 2.97. The third-order valence-electron chi connectivity index (χ3n) is 6.17. The fourth-order valence-electron chi connectivity index (χ4n) is 4.46. The van der Waals surface area contributed by atoms with Gasteiger partial charge in [0.25, 0.3) is 0 Å². The molecule has 2 aliphatic rings. The Morgan fingerprint density at radius 3 is 2.22 bits per heavy atom. The molecule has 2 aliphatic heterocycles. The van der Waals surface area contributed by atoms with E-state index in [1.807, 2.05) is 12.4 Å². The first kappa shape index (κ1) is 18.6. The zero-order chi connectivity index (χ0) is 18.5. The predicted molar refractivity (Wildman–Crippen MR) is 106 cm³/mol. The number of hydrogen-bond acceptors (Lipinski definition) is 5. The number of hydrogen-bond donors (Lipinski definition) is 0. The van der Waals surface area contributed by atoms with E-state index in [1.54, 1.807) is 0 Å². The summed E-state index contributed by atoms with van der Waals surface area (Å²) >= 11 is 0. The van der Waals surface area contributed by atoms with E-state index in [9.17, 15) is 0 Å². The Morgan fingerprint density at radius 2 is 1.52 bits per heavy atom. The van der Waals surface area contributed by atoms with Gasteiger partial charge >= 0.3 is 0 Å². The molecular formula is C21H32N6. The van der Waals surface area contributed by atoms with Crippen molar-refractivity contribution in [3.8, 4) is 0 Å². The maximum absolute atomic E-state index is 4.60. The van der Waals surface area contributed by atoms with E-state index in [0.717, 1.165) is 32.0 Å². The standard InChI is InChI=1S/C21H32N6/c1-25-20(17-26-12-4-2-3-5-13-26)23-24-21(25)19-8-14-27(15-9-19)16-18-6-10-22-11-7-18/h6-7,10-11,19H,2-5,8-9,12-17H2,1H3. The number of piperidine rings is 1. The van der Waals surface area contributed by atoms with Gasteiger partial charge in [0.05, 0.1) is 6.54 Å². The molecule has 0 bridgehead atoms. The third kappa shape index (κ3) is 4.74. The highest BCUT2D eigenvalue weighted by Gasteiger charge is 2.25. The lowest BCUT2D eigenvalue weighted by Gasteiger charge is -2.31. The molecule has 0 radical (unpaired) electrons. The SMILES string of the molecule is Cn1c(CN2CCCCCC2)nnc1C1CCN(Cc2ccncc2)CC1. The Bertz CT molecular complexity index is 697. The highest BCUT2D eigenvalue weighted by molar-refractivity contribution is 5.10. The number of rotatable bonds is 5. The van der Waals surface area contributed by atoms with Gasteiger partial charge in [-0.25, -0.2) is 0 Å². The molecule has 2 aromatic heterocycles. The molecule has 0 atom stereocenters. The topological polar surface area (TPSA) is 50.1 Å². The first-order valence-corrected chi connectivity index (χ1v) is 10.5. The summed E-state index contributed by atoms with van der Waals surface area (Å²) in [5.74, 6) is 2.85. The minimum atomic E-state index is 0.536. The Morgan fingerprint density at radius 1 is 0.852 bits per heavy atom. The molecule has 4 heterocycles. The van der Waals surface area contributed by atoms with E-state index in [4.69, 9.17) is 0 Å². The van der Waals surface area contributed by atoms with Gasteiger partial charge in [0, 0.05) is 31.9 Å². The molecule has 27 heavy (non-hydrogen) atoms. The van der Waals surface area contributed by atoms with E-state index < -0.39 is 0 Å². The van der Waals surface area contributed by atoms with Crippen molar-refractivity contribution in [2.24, 2.45) is 7.05 Å². The van der Waals surface area contributed by atoms with E-state index in [2.05, 4.69) is 48.7 Å². The molecule has 0 unspecified atom stereocenters. The van der Waals surface area contributed by atoms with Gasteiger partial charge in [0.1, 0.15) is 11.6 Å². The monoisotopic (exact) mass is 368 g/mol. The van der Waals surface area contributed by atoms with Crippen LogP contribution in [0.2, 0.25) is 0 Å². The third-order valence-corrected chi connectivity index (χ3v) is 6.17. The summed E-state index contributed by atoms with van der Waals surface area (Å²) in [5.41, 5.74) is 1.35. The second kappa shape index (κ2) is 8.93. The van der Waals surface area contributed by atoms with Crippen molar-refractivity contribution in [2.75, 3.05) is 26.2 Å². The van der Waals surface area contributed by atoms with Gasteiger partial charge < -0.3 is 4.57 Å². The van der Waals surface area contributed by atoms with Crippen molar-refractivity contribution in [1.82, 2.24) is 29.5 Å². The van der Waals surface area contributed by atoms with Crippen LogP contribution in [0.4, 0.5) is 0 Å². The minimum Gasteiger partial charge on any atom is -0.317 e. The summed E-state index contributed by atoms with van der Waals surface area (Å²) in [4.78, 5) is 9.20. The highest BCUT2D eigenvalue weighted by atomic mass is 15.3. The van der Waals surface area contributed by atoms with E-state index >= 15 is 0 Å². The summed E-state index contributed by atoms with van der Waals surface area (Å²) in [7, 11) is 2.16. The number of nitrogens with zero attached hydrogens (tertiary/aromatic N) is 6. The second-order valence-electron chi connectivity index (χ2n) is 8.13. The zero-order valence-corrected chi connectivity index (χ0v) is 16.6. The lowest BCUT2D eigenvalue weighted by Crippen LogP contribution is -2.33. The molecule has 0 aliphatic carbocycles. The molecular weight excluding hydrogens is 336 g/mol. The van der Waals surface area contributed by atoms with Gasteiger partial charge in [-0.1, -0.05) is 12.8 Å². The van der Waals surface area contributed by atoms with E-state index in [-0.39, 0.29) is 0 Å². The molecule has 0 amide bonds. The van der Waals surface area contributed by atoms with Gasteiger partial charge in [-0.05, 0) is 69.6 Å². The van der Waals surface area contributed by atoms with Crippen molar-refractivity contribution < 1.29 is 0 Å². The van der Waals surface area contributed by atoms with Crippen molar-refractivity contribution in [2.45, 2.75) is 57.5 Å². The highest BCUT2D eigenvalue weighted by Crippen LogP contribution is 2.27. The molecule has 0 N–H and O–H groups in total. The van der Waals surface area contributed by atoms with Crippen molar-refractivity contribution in [3.05, 3.63) is 41.7 Å². The van der Waals surface area contributed by atoms with E-state index in [0.29, 0.717) is 5.92 Å². The summed E-state index contributed by atoms with van der Waals surface area (Å²) in [5, 5.41) is 9.15. The van der Waals surface area contributed by atoms with Crippen LogP contribution >= 0.6 is 0 Å². The molecule has 6 nitrogen and oxygen atoms in total. The lowest BCUT2D eigenvalue weighted by molar-refractivity contribution is 0.200. The number of likely N-dealkylation sites (tertiary alicyclic amines) is 2. The maximum Gasteiger partial charge on any atom is 0.146 e. The van der Waals surface area contributed by atoms with Crippen LogP contribution in [0, 0.1) is 0 Å². The molecule has 146 valence electrons. The smallest absolute Gasteiger partial charge is 0.146 e.